The Kier molecular flexibility index (Phi) is 3.73. The number of thiazole rings is 1. The lowest BCUT2D eigenvalue weighted by atomic mass is 9.93. The number of likely N-dealkylation sites (tertiary alicyclic amines) is 1. The number of carbonyl (C=O) groups is 1. The fourth-order valence-electron chi connectivity index (χ4n) is 2.54. The third-order valence-corrected chi connectivity index (χ3v) is 4.21. The van der Waals surface area contributed by atoms with Crippen LogP contribution in [0.25, 0.3) is 0 Å². The molecule has 1 saturated heterocycles. The molecule has 0 saturated carbocycles. The van der Waals surface area contributed by atoms with Crippen LogP contribution in [0.2, 0.25) is 0 Å². The molecule has 3 heterocycles. The summed E-state index contributed by atoms with van der Waals surface area (Å²) < 4.78 is 0. The van der Waals surface area contributed by atoms with E-state index in [9.17, 15) is 4.79 Å². The van der Waals surface area contributed by atoms with Gasteiger partial charge in [-0.2, -0.15) is 0 Å². The Morgan fingerprint density at radius 2 is 2.15 bits per heavy atom. The van der Waals surface area contributed by atoms with Crippen molar-refractivity contribution in [1.29, 1.82) is 0 Å². The summed E-state index contributed by atoms with van der Waals surface area (Å²) in [5.74, 6) is 0.446. The average molecular weight is 288 g/mol. The van der Waals surface area contributed by atoms with Crippen LogP contribution >= 0.6 is 11.3 Å². The van der Waals surface area contributed by atoms with E-state index in [0.29, 0.717) is 11.6 Å². The Bertz CT molecular complexity index is 591. The highest BCUT2D eigenvalue weighted by atomic mass is 32.1. The first-order valence-electron chi connectivity index (χ1n) is 6.70. The van der Waals surface area contributed by atoms with E-state index in [2.05, 4.69) is 15.0 Å². The minimum absolute atomic E-state index is 0.0417. The Morgan fingerprint density at radius 1 is 1.35 bits per heavy atom. The van der Waals surface area contributed by atoms with Gasteiger partial charge in [-0.1, -0.05) is 0 Å². The summed E-state index contributed by atoms with van der Waals surface area (Å²) in [6, 6.07) is 0. The Morgan fingerprint density at radius 3 is 2.80 bits per heavy atom. The van der Waals surface area contributed by atoms with Gasteiger partial charge in [0, 0.05) is 36.8 Å². The summed E-state index contributed by atoms with van der Waals surface area (Å²) in [7, 11) is 0. The third kappa shape index (κ3) is 2.70. The first kappa shape index (κ1) is 13.2. The second-order valence-electron chi connectivity index (χ2n) is 5.03. The number of hydrogen-bond acceptors (Lipinski definition) is 5. The topological polar surface area (TPSA) is 59.0 Å². The van der Waals surface area contributed by atoms with Gasteiger partial charge < -0.3 is 4.90 Å². The van der Waals surface area contributed by atoms with Crippen molar-refractivity contribution in [2.75, 3.05) is 13.1 Å². The highest BCUT2D eigenvalue weighted by Gasteiger charge is 2.26. The molecule has 3 rings (SSSR count). The molecule has 2 aromatic heterocycles. The van der Waals surface area contributed by atoms with Gasteiger partial charge in [-0.15, -0.1) is 11.3 Å². The van der Waals surface area contributed by atoms with Gasteiger partial charge in [-0.05, 0) is 19.8 Å². The van der Waals surface area contributed by atoms with Crippen molar-refractivity contribution < 1.29 is 4.79 Å². The molecule has 5 nitrogen and oxygen atoms in total. The fourth-order valence-corrected chi connectivity index (χ4v) is 3.06. The minimum Gasteiger partial charge on any atom is -0.337 e. The van der Waals surface area contributed by atoms with Crippen molar-refractivity contribution in [3.05, 3.63) is 40.4 Å². The number of aryl methyl sites for hydroxylation is 1. The second kappa shape index (κ2) is 5.66. The van der Waals surface area contributed by atoms with Crippen molar-refractivity contribution in [2.45, 2.75) is 25.7 Å². The molecule has 1 aliphatic heterocycles. The second-order valence-corrected chi connectivity index (χ2v) is 5.74. The zero-order valence-corrected chi connectivity index (χ0v) is 12.1. The number of carbonyl (C=O) groups excluding carboxylic acids is 1. The van der Waals surface area contributed by atoms with Crippen LogP contribution in [0, 0.1) is 6.92 Å². The van der Waals surface area contributed by atoms with Gasteiger partial charge in [-0.25, -0.2) is 4.98 Å². The van der Waals surface area contributed by atoms with Gasteiger partial charge in [0.25, 0.3) is 5.91 Å². The van der Waals surface area contributed by atoms with Crippen LogP contribution in [0.4, 0.5) is 0 Å². The molecule has 0 radical (unpaired) electrons. The van der Waals surface area contributed by atoms with Crippen molar-refractivity contribution in [2.24, 2.45) is 0 Å². The fraction of sp³-hybridized carbons (Fsp3) is 0.429. The largest absolute Gasteiger partial charge is 0.337 e. The smallest absolute Gasteiger partial charge is 0.273 e. The summed E-state index contributed by atoms with van der Waals surface area (Å²) >= 11 is 1.45. The molecule has 20 heavy (non-hydrogen) atoms. The number of rotatable bonds is 2. The standard InChI is InChI=1S/C14H16N4OS/c1-10-6-15-7-12(17-10)11-2-4-18(5-3-11)14(19)13-8-20-9-16-13/h6-9,11H,2-5H2,1H3. The van der Waals surface area contributed by atoms with Crippen LogP contribution in [0.5, 0.6) is 0 Å². The molecule has 2 aromatic rings. The van der Waals surface area contributed by atoms with E-state index >= 15 is 0 Å². The van der Waals surface area contributed by atoms with Crippen molar-refractivity contribution in [1.82, 2.24) is 19.9 Å². The molecule has 1 amide bonds. The van der Waals surface area contributed by atoms with Crippen LogP contribution in [0.1, 0.15) is 40.6 Å². The first-order chi connectivity index (χ1) is 9.74. The Balaban J connectivity index is 1.64. The van der Waals surface area contributed by atoms with Gasteiger partial charge in [0.2, 0.25) is 0 Å². The SMILES string of the molecule is Cc1cncc(C2CCN(C(=O)c3cscn3)CC2)n1. The number of aromatic nitrogens is 3. The molecule has 0 aromatic carbocycles. The van der Waals surface area contributed by atoms with Crippen LogP contribution in [-0.4, -0.2) is 38.8 Å². The molecule has 1 fully saturated rings. The summed E-state index contributed by atoms with van der Waals surface area (Å²) in [4.78, 5) is 26.9. The normalized spacial score (nSPS) is 16.4. The van der Waals surface area contributed by atoms with Crippen LogP contribution in [-0.2, 0) is 0 Å². The lowest BCUT2D eigenvalue weighted by Gasteiger charge is -2.31. The number of hydrogen-bond donors (Lipinski definition) is 0. The molecular formula is C14H16N4OS. The van der Waals surface area contributed by atoms with E-state index in [1.165, 1.54) is 11.3 Å². The summed E-state index contributed by atoms with van der Waals surface area (Å²) in [6.07, 6.45) is 5.49. The van der Waals surface area contributed by atoms with Gasteiger partial charge in [0.1, 0.15) is 5.69 Å². The third-order valence-electron chi connectivity index (χ3n) is 3.63. The number of amides is 1. The van der Waals surface area contributed by atoms with Crippen molar-refractivity contribution >= 4 is 17.2 Å². The Hall–Kier alpha value is -1.82. The first-order valence-corrected chi connectivity index (χ1v) is 7.64. The van der Waals surface area contributed by atoms with Gasteiger partial charge in [0.15, 0.2) is 0 Å². The zero-order chi connectivity index (χ0) is 13.9. The van der Waals surface area contributed by atoms with E-state index in [0.717, 1.165) is 37.3 Å². The zero-order valence-electron chi connectivity index (χ0n) is 11.3. The highest BCUT2D eigenvalue weighted by Crippen LogP contribution is 2.27. The maximum absolute atomic E-state index is 12.2. The van der Waals surface area contributed by atoms with Gasteiger partial charge >= 0.3 is 0 Å². The quantitative estimate of drug-likeness (QED) is 0.850. The van der Waals surface area contributed by atoms with E-state index in [1.807, 2.05) is 18.0 Å². The molecule has 1 aliphatic rings. The number of piperidine rings is 1. The maximum Gasteiger partial charge on any atom is 0.273 e. The van der Waals surface area contributed by atoms with Crippen molar-refractivity contribution in [3.8, 4) is 0 Å². The molecule has 0 N–H and O–H groups in total. The molecule has 6 heteroatoms. The van der Waals surface area contributed by atoms with E-state index in [-0.39, 0.29) is 5.91 Å². The molecule has 0 spiro atoms. The van der Waals surface area contributed by atoms with Crippen LogP contribution in [0.3, 0.4) is 0 Å². The predicted octanol–water partition coefficient (Wildman–Crippen LogP) is 2.26. The molecular weight excluding hydrogens is 272 g/mol. The summed E-state index contributed by atoms with van der Waals surface area (Å²) in [6.45, 7) is 3.48. The number of nitrogens with zero attached hydrogens (tertiary/aromatic N) is 4. The molecule has 0 bridgehead atoms. The summed E-state index contributed by atoms with van der Waals surface area (Å²) in [5.41, 5.74) is 4.25. The minimum atomic E-state index is 0.0417. The van der Waals surface area contributed by atoms with E-state index in [4.69, 9.17) is 0 Å². The van der Waals surface area contributed by atoms with Crippen LogP contribution in [0.15, 0.2) is 23.3 Å². The van der Waals surface area contributed by atoms with Gasteiger partial charge in [-0.3, -0.25) is 14.8 Å². The van der Waals surface area contributed by atoms with E-state index in [1.54, 1.807) is 17.1 Å². The maximum atomic E-state index is 12.2. The lowest BCUT2D eigenvalue weighted by molar-refractivity contribution is 0.0707. The monoisotopic (exact) mass is 288 g/mol. The van der Waals surface area contributed by atoms with Crippen LogP contribution < -0.4 is 0 Å². The average Bonchev–Trinajstić information content (AvgIpc) is 3.01. The molecule has 0 unspecified atom stereocenters. The van der Waals surface area contributed by atoms with Gasteiger partial charge in [0.05, 0.1) is 16.9 Å². The van der Waals surface area contributed by atoms with E-state index < -0.39 is 0 Å². The molecule has 0 atom stereocenters. The lowest BCUT2D eigenvalue weighted by Crippen LogP contribution is -2.38. The Labute approximate surface area is 121 Å². The highest BCUT2D eigenvalue weighted by molar-refractivity contribution is 7.07. The van der Waals surface area contributed by atoms with Crippen molar-refractivity contribution in [3.63, 3.8) is 0 Å². The molecule has 104 valence electrons. The summed E-state index contributed by atoms with van der Waals surface area (Å²) in [5, 5.41) is 1.81. The molecule has 0 aliphatic carbocycles. The predicted molar refractivity (Wildman–Crippen MR) is 76.8 cm³/mol.